The van der Waals surface area contributed by atoms with E-state index in [0.29, 0.717) is 32.0 Å². The van der Waals surface area contributed by atoms with Crippen LogP contribution in [0.4, 0.5) is 5.69 Å². The summed E-state index contributed by atoms with van der Waals surface area (Å²) in [5.74, 6) is -0.158. The maximum absolute atomic E-state index is 12.7. The minimum atomic E-state index is -3.58. The van der Waals surface area contributed by atoms with Crippen molar-refractivity contribution in [2.45, 2.75) is 36.8 Å². The van der Waals surface area contributed by atoms with Gasteiger partial charge in [0, 0.05) is 25.4 Å². The van der Waals surface area contributed by atoms with Gasteiger partial charge in [-0.15, -0.1) is 0 Å². The van der Waals surface area contributed by atoms with E-state index < -0.39 is 10.0 Å². The number of nitrogens with one attached hydrogen (secondary N) is 1. The molecule has 1 aromatic carbocycles. The van der Waals surface area contributed by atoms with Crippen LogP contribution in [0.25, 0.3) is 0 Å². The number of hydrogen-bond donors (Lipinski definition) is 2. The number of nitrogens with zero attached hydrogens (tertiary/aromatic N) is 1. The van der Waals surface area contributed by atoms with Crippen LogP contribution in [0.5, 0.6) is 0 Å². The van der Waals surface area contributed by atoms with Gasteiger partial charge in [0.1, 0.15) is 12.6 Å². The lowest BCUT2D eigenvalue weighted by molar-refractivity contribution is -0.678. The van der Waals surface area contributed by atoms with Gasteiger partial charge in [0.05, 0.1) is 18.1 Å². The Balaban J connectivity index is 1.60. The number of ether oxygens (including phenoxy) is 2. The van der Waals surface area contributed by atoms with Gasteiger partial charge in [-0.25, -0.2) is 8.42 Å². The third kappa shape index (κ3) is 5.26. The van der Waals surface area contributed by atoms with Crippen molar-refractivity contribution in [3.63, 3.8) is 0 Å². The van der Waals surface area contributed by atoms with Gasteiger partial charge in [0.2, 0.25) is 10.0 Å². The first-order chi connectivity index (χ1) is 13.0. The monoisotopic (exact) mass is 398 g/mol. The quantitative estimate of drug-likeness (QED) is 0.661. The zero-order chi connectivity index (χ0) is 19.3. The van der Waals surface area contributed by atoms with Gasteiger partial charge >= 0.3 is 0 Å². The fraction of sp³-hybridized carbons (Fsp3) is 0.611. The van der Waals surface area contributed by atoms with Gasteiger partial charge in [-0.3, -0.25) is 4.79 Å². The van der Waals surface area contributed by atoms with Gasteiger partial charge in [-0.05, 0) is 38.0 Å². The lowest BCUT2D eigenvalue weighted by Crippen LogP contribution is -2.93. The zero-order valence-corrected chi connectivity index (χ0v) is 16.4. The highest BCUT2D eigenvalue weighted by molar-refractivity contribution is 7.89. The Morgan fingerprint density at radius 2 is 2.11 bits per heavy atom. The lowest BCUT2D eigenvalue weighted by atomic mass is 10.2. The second kappa shape index (κ2) is 9.11. The first kappa shape index (κ1) is 20.2. The van der Waals surface area contributed by atoms with Gasteiger partial charge in [-0.2, -0.15) is 4.31 Å². The number of morpholine rings is 1. The highest BCUT2D eigenvalue weighted by atomic mass is 32.2. The summed E-state index contributed by atoms with van der Waals surface area (Å²) < 4.78 is 37.7. The van der Waals surface area contributed by atoms with Crippen LogP contribution in [0.3, 0.4) is 0 Å². The molecule has 0 aromatic heterocycles. The SMILES string of the molecule is C[C@H]([NH2+]C[C@@H]1CCCO1)C(=O)Nc1cccc(S(=O)(=O)N2CCOCC2)c1. The summed E-state index contributed by atoms with van der Waals surface area (Å²) in [6.45, 7) is 4.85. The van der Waals surface area contributed by atoms with E-state index in [4.69, 9.17) is 9.47 Å². The third-order valence-electron chi connectivity index (χ3n) is 4.90. The molecule has 2 atom stereocenters. The van der Waals surface area contributed by atoms with Crippen LogP contribution >= 0.6 is 0 Å². The number of hydrogen-bond acceptors (Lipinski definition) is 5. The molecule has 0 saturated carbocycles. The van der Waals surface area contributed by atoms with Crippen molar-refractivity contribution in [3.8, 4) is 0 Å². The molecule has 2 aliphatic rings. The molecular formula is C18H28N3O5S+. The van der Waals surface area contributed by atoms with Crippen LogP contribution in [-0.4, -0.2) is 70.2 Å². The Morgan fingerprint density at radius 1 is 1.33 bits per heavy atom. The molecular weight excluding hydrogens is 370 g/mol. The number of carbonyl (C=O) groups is 1. The topological polar surface area (TPSA) is 102 Å². The summed E-state index contributed by atoms with van der Waals surface area (Å²) in [6.07, 6.45) is 2.32. The molecule has 27 heavy (non-hydrogen) atoms. The number of rotatable bonds is 7. The maximum atomic E-state index is 12.7. The van der Waals surface area contributed by atoms with E-state index in [2.05, 4.69) is 5.32 Å². The van der Waals surface area contributed by atoms with Crippen LogP contribution in [-0.2, 0) is 24.3 Å². The largest absolute Gasteiger partial charge is 0.379 e. The lowest BCUT2D eigenvalue weighted by Gasteiger charge is -2.26. The molecule has 0 spiro atoms. The van der Waals surface area contributed by atoms with E-state index in [-0.39, 0.29) is 22.9 Å². The molecule has 0 radical (unpaired) electrons. The van der Waals surface area contributed by atoms with Crippen molar-refractivity contribution < 1.29 is 28.0 Å². The first-order valence-electron chi connectivity index (χ1n) is 9.40. The van der Waals surface area contributed by atoms with E-state index in [1.807, 2.05) is 12.2 Å². The summed E-state index contributed by atoms with van der Waals surface area (Å²) in [7, 11) is -3.58. The van der Waals surface area contributed by atoms with E-state index >= 15 is 0 Å². The predicted octanol–water partition coefficient (Wildman–Crippen LogP) is -0.223. The number of amides is 1. The Bertz CT molecular complexity index is 743. The number of anilines is 1. The number of quaternary nitrogens is 1. The highest BCUT2D eigenvalue weighted by Crippen LogP contribution is 2.20. The van der Waals surface area contributed by atoms with E-state index in [1.54, 1.807) is 18.2 Å². The predicted molar refractivity (Wildman–Crippen MR) is 99.9 cm³/mol. The van der Waals surface area contributed by atoms with Gasteiger partial charge in [-0.1, -0.05) is 6.07 Å². The molecule has 3 N–H and O–H groups in total. The molecule has 0 unspecified atom stereocenters. The minimum absolute atomic E-state index is 0.158. The summed E-state index contributed by atoms with van der Waals surface area (Å²) in [5, 5.41) is 4.77. The van der Waals surface area contributed by atoms with E-state index in [0.717, 1.165) is 26.0 Å². The zero-order valence-electron chi connectivity index (χ0n) is 15.6. The van der Waals surface area contributed by atoms with Gasteiger partial charge < -0.3 is 20.1 Å². The van der Waals surface area contributed by atoms with Crippen molar-refractivity contribution in [1.82, 2.24) is 4.31 Å². The molecule has 2 aliphatic heterocycles. The highest BCUT2D eigenvalue weighted by Gasteiger charge is 2.27. The maximum Gasteiger partial charge on any atom is 0.282 e. The Kier molecular flexibility index (Phi) is 6.83. The van der Waals surface area contributed by atoms with E-state index in [9.17, 15) is 13.2 Å². The molecule has 8 nitrogen and oxygen atoms in total. The summed E-state index contributed by atoms with van der Waals surface area (Å²) in [6, 6.07) is 6.11. The molecule has 9 heteroatoms. The molecule has 0 bridgehead atoms. The summed E-state index contributed by atoms with van der Waals surface area (Å²) in [5.41, 5.74) is 0.478. The molecule has 1 aromatic rings. The normalized spacial score (nSPS) is 22.5. The number of benzene rings is 1. The third-order valence-corrected chi connectivity index (χ3v) is 6.79. The second-order valence-electron chi connectivity index (χ2n) is 6.93. The number of carbonyl (C=O) groups excluding carboxylic acids is 1. The standard InChI is InChI=1S/C18H27N3O5S/c1-14(19-13-16-5-3-9-26-16)18(22)20-15-4-2-6-17(12-15)27(23,24)21-7-10-25-11-8-21/h2,4,6,12,14,16,19H,3,5,7-11,13H2,1H3,(H,20,22)/p+1/t14-,16-/m0/s1. The average Bonchev–Trinajstić information content (AvgIpc) is 3.20. The molecule has 1 amide bonds. The molecule has 2 heterocycles. The van der Waals surface area contributed by atoms with Gasteiger partial charge in [0.15, 0.2) is 6.04 Å². The van der Waals surface area contributed by atoms with Crippen molar-refractivity contribution in [1.29, 1.82) is 0 Å². The van der Waals surface area contributed by atoms with Crippen LogP contribution in [0.15, 0.2) is 29.2 Å². The average molecular weight is 399 g/mol. The van der Waals surface area contributed by atoms with Crippen LogP contribution in [0.2, 0.25) is 0 Å². The van der Waals surface area contributed by atoms with Gasteiger partial charge in [0.25, 0.3) is 5.91 Å². The Labute approximate surface area is 160 Å². The molecule has 2 fully saturated rings. The van der Waals surface area contributed by atoms with Crippen molar-refractivity contribution in [2.24, 2.45) is 0 Å². The fourth-order valence-corrected chi connectivity index (χ4v) is 4.67. The van der Waals surface area contributed by atoms with Crippen molar-refractivity contribution >= 4 is 21.6 Å². The Morgan fingerprint density at radius 3 is 2.81 bits per heavy atom. The minimum Gasteiger partial charge on any atom is -0.379 e. The second-order valence-corrected chi connectivity index (χ2v) is 8.87. The molecule has 0 aliphatic carbocycles. The van der Waals surface area contributed by atoms with Crippen LogP contribution in [0.1, 0.15) is 19.8 Å². The number of nitrogens with two attached hydrogens (primary N) is 1. The van der Waals surface area contributed by atoms with Crippen LogP contribution in [0, 0.1) is 0 Å². The summed E-state index contributed by atoms with van der Waals surface area (Å²) >= 11 is 0. The fourth-order valence-electron chi connectivity index (χ4n) is 3.22. The van der Waals surface area contributed by atoms with Crippen LogP contribution < -0.4 is 10.6 Å². The van der Waals surface area contributed by atoms with Crippen molar-refractivity contribution in [2.75, 3.05) is 44.8 Å². The van der Waals surface area contributed by atoms with E-state index in [1.165, 1.54) is 10.4 Å². The smallest absolute Gasteiger partial charge is 0.282 e. The number of sulfonamides is 1. The summed E-state index contributed by atoms with van der Waals surface area (Å²) in [4.78, 5) is 12.6. The first-order valence-corrected chi connectivity index (χ1v) is 10.8. The molecule has 2 saturated heterocycles. The Hall–Kier alpha value is -1.52. The molecule has 150 valence electrons. The molecule has 3 rings (SSSR count). The van der Waals surface area contributed by atoms with Crippen molar-refractivity contribution in [3.05, 3.63) is 24.3 Å².